The molecule has 0 amide bonds. The molecule has 0 aliphatic heterocycles. The van der Waals surface area contributed by atoms with Gasteiger partial charge in [0.2, 0.25) is 0 Å². The van der Waals surface area contributed by atoms with Gasteiger partial charge in [-0.1, -0.05) is 19.3 Å². The van der Waals surface area contributed by atoms with Gasteiger partial charge in [-0.15, -0.1) is 22.9 Å². The Balaban J connectivity index is 1.76. The number of hydrogen-bond acceptors (Lipinski definition) is 4. The molecule has 2 heterocycles. The molecule has 2 aromatic rings. The number of nitrogens with zero attached hydrogens (tertiary/aromatic N) is 2. The predicted molar refractivity (Wildman–Crippen MR) is 82.1 cm³/mol. The molecule has 1 aliphatic carbocycles. The number of thiophene rings is 1. The zero-order valence-electron chi connectivity index (χ0n) is 10.9. The van der Waals surface area contributed by atoms with Crippen molar-refractivity contribution >= 4 is 39.0 Å². The smallest absolute Gasteiger partial charge is 0.147 e. The Morgan fingerprint density at radius 1 is 1.26 bits per heavy atom. The van der Waals surface area contributed by atoms with E-state index in [1.54, 1.807) is 17.7 Å². The van der Waals surface area contributed by atoms with Crippen molar-refractivity contribution in [3.8, 4) is 0 Å². The third kappa shape index (κ3) is 2.70. The zero-order chi connectivity index (χ0) is 13.1. The minimum absolute atomic E-state index is 0.244. The lowest BCUT2D eigenvalue weighted by Gasteiger charge is -2.35. The molecule has 102 valence electrons. The van der Waals surface area contributed by atoms with E-state index >= 15 is 0 Å². The normalized spacial score (nSPS) is 18.6. The fourth-order valence-corrected chi connectivity index (χ4v) is 4.02. The zero-order valence-corrected chi connectivity index (χ0v) is 12.4. The van der Waals surface area contributed by atoms with E-state index in [-0.39, 0.29) is 5.41 Å². The average Bonchev–Trinajstić information content (AvgIpc) is 2.95. The van der Waals surface area contributed by atoms with Crippen molar-refractivity contribution in [3.05, 3.63) is 17.8 Å². The summed E-state index contributed by atoms with van der Waals surface area (Å²) in [6.07, 6.45) is 8.02. The predicted octanol–water partition coefficient (Wildman–Crippen LogP) is 4.29. The van der Waals surface area contributed by atoms with Crippen LogP contribution in [-0.2, 0) is 0 Å². The Kier molecular flexibility index (Phi) is 3.89. The summed E-state index contributed by atoms with van der Waals surface area (Å²) in [5, 5.41) is 5.57. The second-order valence-electron chi connectivity index (χ2n) is 5.41. The summed E-state index contributed by atoms with van der Waals surface area (Å²) in [7, 11) is 0. The minimum atomic E-state index is 0.244. The maximum absolute atomic E-state index is 6.23. The van der Waals surface area contributed by atoms with Gasteiger partial charge >= 0.3 is 0 Å². The highest BCUT2D eigenvalue weighted by atomic mass is 35.5. The maximum Gasteiger partial charge on any atom is 0.147 e. The van der Waals surface area contributed by atoms with Crippen molar-refractivity contribution < 1.29 is 0 Å². The number of hydrogen-bond donors (Lipinski definition) is 1. The average molecular weight is 296 g/mol. The van der Waals surface area contributed by atoms with Gasteiger partial charge in [-0.3, -0.25) is 0 Å². The molecule has 5 heteroatoms. The van der Waals surface area contributed by atoms with Gasteiger partial charge in [0.15, 0.2) is 0 Å². The Morgan fingerprint density at radius 3 is 2.89 bits per heavy atom. The van der Waals surface area contributed by atoms with Gasteiger partial charge in [-0.05, 0) is 24.3 Å². The van der Waals surface area contributed by atoms with Crippen LogP contribution in [0.1, 0.15) is 32.1 Å². The molecular weight excluding hydrogens is 278 g/mol. The fourth-order valence-electron chi connectivity index (χ4n) is 2.85. The van der Waals surface area contributed by atoms with Crippen LogP contribution in [0.2, 0.25) is 0 Å². The van der Waals surface area contributed by atoms with Crippen LogP contribution < -0.4 is 5.32 Å². The van der Waals surface area contributed by atoms with Crippen molar-refractivity contribution in [1.29, 1.82) is 0 Å². The standard InChI is InChI=1S/C14H18ClN3S/c15-8-14(5-2-1-3-6-14)9-16-13-12-11(4-7-19-12)17-10-18-13/h4,7,10H,1-3,5-6,8-9H2,(H,16,17,18). The second kappa shape index (κ2) is 5.63. The maximum atomic E-state index is 6.23. The molecule has 1 saturated carbocycles. The molecule has 2 aromatic heterocycles. The van der Waals surface area contributed by atoms with Crippen molar-refractivity contribution in [2.75, 3.05) is 17.7 Å². The van der Waals surface area contributed by atoms with Crippen LogP contribution in [0.5, 0.6) is 0 Å². The van der Waals surface area contributed by atoms with Gasteiger partial charge in [0.1, 0.15) is 12.1 Å². The Bertz CT molecular complexity index is 548. The SMILES string of the molecule is ClCC1(CNc2ncnc3ccsc23)CCCCC1. The molecule has 1 aliphatic rings. The highest BCUT2D eigenvalue weighted by Crippen LogP contribution is 2.38. The van der Waals surface area contributed by atoms with Gasteiger partial charge in [-0.2, -0.15) is 0 Å². The first-order chi connectivity index (χ1) is 9.33. The Morgan fingerprint density at radius 2 is 2.11 bits per heavy atom. The van der Waals surface area contributed by atoms with Crippen molar-refractivity contribution in [3.63, 3.8) is 0 Å². The van der Waals surface area contributed by atoms with Crippen molar-refractivity contribution in [2.45, 2.75) is 32.1 Å². The van der Waals surface area contributed by atoms with E-state index in [4.69, 9.17) is 11.6 Å². The summed E-state index contributed by atoms with van der Waals surface area (Å²) < 4.78 is 1.14. The molecule has 1 N–H and O–H groups in total. The number of halogens is 1. The topological polar surface area (TPSA) is 37.8 Å². The molecule has 0 spiro atoms. The van der Waals surface area contributed by atoms with Crippen LogP contribution in [0.25, 0.3) is 10.2 Å². The van der Waals surface area contributed by atoms with Crippen LogP contribution in [-0.4, -0.2) is 22.4 Å². The highest BCUT2D eigenvalue weighted by molar-refractivity contribution is 7.17. The quantitative estimate of drug-likeness (QED) is 0.855. The summed E-state index contributed by atoms with van der Waals surface area (Å²) in [5.41, 5.74) is 1.26. The number of alkyl halides is 1. The third-order valence-corrected chi connectivity index (χ3v) is 5.55. The lowest BCUT2D eigenvalue weighted by atomic mass is 9.75. The minimum Gasteiger partial charge on any atom is -0.368 e. The lowest BCUT2D eigenvalue weighted by molar-refractivity contribution is 0.238. The molecule has 0 unspecified atom stereocenters. The molecule has 0 radical (unpaired) electrons. The van der Waals surface area contributed by atoms with E-state index in [2.05, 4.69) is 20.7 Å². The molecule has 3 rings (SSSR count). The molecule has 0 aromatic carbocycles. The number of aromatic nitrogens is 2. The van der Waals surface area contributed by atoms with Gasteiger partial charge in [0, 0.05) is 17.8 Å². The van der Waals surface area contributed by atoms with E-state index in [1.165, 1.54) is 32.1 Å². The largest absolute Gasteiger partial charge is 0.368 e. The molecule has 0 saturated heterocycles. The van der Waals surface area contributed by atoms with Crippen LogP contribution in [0.3, 0.4) is 0 Å². The number of nitrogens with one attached hydrogen (secondary N) is 1. The molecule has 19 heavy (non-hydrogen) atoms. The molecule has 0 bridgehead atoms. The van der Waals surface area contributed by atoms with Gasteiger partial charge in [-0.25, -0.2) is 9.97 Å². The first-order valence-corrected chi connectivity index (χ1v) is 8.22. The van der Waals surface area contributed by atoms with Crippen molar-refractivity contribution in [1.82, 2.24) is 9.97 Å². The summed E-state index contributed by atoms with van der Waals surface area (Å²) in [4.78, 5) is 8.64. The van der Waals surface area contributed by atoms with E-state index in [9.17, 15) is 0 Å². The molecule has 0 atom stereocenters. The lowest BCUT2D eigenvalue weighted by Crippen LogP contribution is -2.34. The second-order valence-corrected chi connectivity index (χ2v) is 6.59. The first-order valence-electron chi connectivity index (χ1n) is 6.81. The summed E-state index contributed by atoms with van der Waals surface area (Å²) >= 11 is 7.92. The van der Waals surface area contributed by atoms with Crippen LogP contribution in [0.15, 0.2) is 17.8 Å². The van der Waals surface area contributed by atoms with Crippen molar-refractivity contribution in [2.24, 2.45) is 5.41 Å². The molecule has 3 nitrogen and oxygen atoms in total. The van der Waals surface area contributed by atoms with E-state index in [1.807, 2.05) is 6.07 Å². The van der Waals surface area contributed by atoms with Crippen LogP contribution in [0.4, 0.5) is 5.82 Å². The first kappa shape index (κ1) is 13.1. The number of rotatable bonds is 4. The van der Waals surface area contributed by atoms with Gasteiger partial charge < -0.3 is 5.32 Å². The van der Waals surface area contributed by atoms with Crippen LogP contribution >= 0.6 is 22.9 Å². The van der Waals surface area contributed by atoms with E-state index in [0.29, 0.717) is 0 Å². The van der Waals surface area contributed by atoms with Gasteiger partial charge in [0.05, 0.1) is 10.2 Å². The Hall–Kier alpha value is -0.870. The fraction of sp³-hybridized carbons (Fsp3) is 0.571. The monoisotopic (exact) mass is 295 g/mol. The highest BCUT2D eigenvalue weighted by Gasteiger charge is 2.31. The van der Waals surface area contributed by atoms with E-state index in [0.717, 1.165) is 28.5 Å². The molecule has 1 fully saturated rings. The number of fused-ring (bicyclic) bond motifs is 1. The number of anilines is 1. The summed E-state index contributed by atoms with van der Waals surface area (Å²) in [6, 6.07) is 2.03. The molecular formula is C14H18ClN3S. The van der Waals surface area contributed by atoms with Gasteiger partial charge in [0.25, 0.3) is 0 Å². The summed E-state index contributed by atoms with van der Waals surface area (Å²) in [6.45, 7) is 0.917. The Labute approximate surface area is 122 Å². The van der Waals surface area contributed by atoms with Crippen LogP contribution in [0, 0.1) is 5.41 Å². The van der Waals surface area contributed by atoms with E-state index < -0.39 is 0 Å². The third-order valence-electron chi connectivity index (χ3n) is 4.07. The summed E-state index contributed by atoms with van der Waals surface area (Å²) in [5.74, 6) is 1.69.